The topological polar surface area (TPSA) is 69.3 Å². The molecular formula is C22H25N3O2. The molecule has 0 radical (unpaired) electrons. The van der Waals surface area contributed by atoms with E-state index in [0.717, 1.165) is 65.1 Å². The van der Waals surface area contributed by atoms with Gasteiger partial charge in [0.2, 0.25) is 5.91 Å². The highest BCUT2D eigenvalue weighted by Gasteiger charge is 2.25. The van der Waals surface area contributed by atoms with Crippen molar-refractivity contribution in [3.05, 3.63) is 42.5 Å². The van der Waals surface area contributed by atoms with Gasteiger partial charge in [0.25, 0.3) is 0 Å². The van der Waals surface area contributed by atoms with Crippen LogP contribution in [-0.2, 0) is 11.3 Å². The minimum absolute atomic E-state index is 0.128. The predicted octanol–water partition coefficient (Wildman–Crippen LogP) is 4.66. The monoisotopic (exact) mass is 363 g/mol. The second kappa shape index (κ2) is 6.99. The number of aryl methyl sites for hydroxylation is 1. The van der Waals surface area contributed by atoms with Crippen molar-refractivity contribution in [2.24, 2.45) is 5.92 Å². The lowest BCUT2D eigenvalue weighted by Gasteiger charge is -2.24. The Morgan fingerprint density at radius 1 is 1.22 bits per heavy atom. The summed E-state index contributed by atoms with van der Waals surface area (Å²) in [5.41, 5.74) is 11.2. The van der Waals surface area contributed by atoms with Crippen molar-refractivity contribution in [2.45, 2.75) is 32.7 Å². The molecule has 2 aromatic carbocycles. The summed E-state index contributed by atoms with van der Waals surface area (Å²) in [7, 11) is 1.67. The fraction of sp³-hybridized carbons (Fsp3) is 0.318. The summed E-state index contributed by atoms with van der Waals surface area (Å²) in [4.78, 5) is 12.1. The molecule has 1 aromatic heterocycles. The summed E-state index contributed by atoms with van der Waals surface area (Å²) in [6.45, 7) is 2.91. The summed E-state index contributed by atoms with van der Waals surface area (Å²) < 4.78 is 7.57. The molecule has 5 nitrogen and oxygen atoms in total. The van der Waals surface area contributed by atoms with Crippen LogP contribution in [0.3, 0.4) is 0 Å². The Hall–Kier alpha value is -2.95. The van der Waals surface area contributed by atoms with Gasteiger partial charge in [-0.15, -0.1) is 0 Å². The number of carbonyl (C=O) groups excluding carboxylic acids is 1. The number of aromatic nitrogens is 1. The minimum Gasteiger partial charge on any atom is -0.497 e. The Kier molecular flexibility index (Phi) is 4.52. The molecule has 3 aromatic rings. The Morgan fingerprint density at radius 3 is 2.56 bits per heavy atom. The van der Waals surface area contributed by atoms with E-state index >= 15 is 0 Å². The number of rotatable bonds is 5. The van der Waals surface area contributed by atoms with Gasteiger partial charge < -0.3 is 20.4 Å². The van der Waals surface area contributed by atoms with Gasteiger partial charge in [-0.05, 0) is 44.0 Å². The lowest BCUT2D eigenvalue weighted by atomic mass is 9.85. The zero-order valence-electron chi connectivity index (χ0n) is 15.8. The normalized spacial score (nSPS) is 14.1. The largest absolute Gasteiger partial charge is 0.497 e. The Balaban J connectivity index is 1.69. The Labute approximate surface area is 159 Å². The van der Waals surface area contributed by atoms with Crippen LogP contribution in [0.4, 0.5) is 11.4 Å². The third-order valence-electron chi connectivity index (χ3n) is 5.53. The van der Waals surface area contributed by atoms with Crippen LogP contribution in [0.2, 0.25) is 0 Å². The van der Waals surface area contributed by atoms with Crippen LogP contribution < -0.4 is 15.8 Å². The molecule has 140 valence electrons. The second-order valence-corrected chi connectivity index (χ2v) is 7.08. The zero-order chi connectivity index (χ0) is 19.0. The number of benzene rings is 2. The van der Waals surface area contributed by atoms with Gasteiger partial charge >= 0.3 is 0 Å². The van der Waals surface area contributed by atoms with Crippen LogP contribution in [0, 0.1) is 5.92 Å². The number of nitrogens with two attached hydrogens (primary N) is 1. The van der Waals surface area contributed by atoms with E-state index in [4.69, 9.17) is 10.5 Å². The molecule has 0 bridgehead atoms. The fourth-order valence-corrected chi connectivity index (χ4v) is 3.75. The number of amides is 1. The summed E-state index contributed by atoms with van der Waals surface area (Å²) in [5.74, 6) is 1.12. The number of hydrogen-bond donors (Lipinski definition) is 2. The Bertz CT molecular complexity index is 985. The number of fused-ring (bicyclic) bond motifs is 1. The molecular weight excluding hydrogens is 338 g/mol. The molecule has 0 atom stereocenters. The van der Waals surface area contributed by atoms with Gasteiger partial charge in [-0.2, -0.15) is 0 Å². The molecule has 0 spiro atoms. The average molecular weight is 363 g/mol. The highest BCUT2D eigenvalue weighted by atomic mass is 16.5. The first-order chi connectivity index (χ1) is 13.1. The maximum atomic E-state index is 12.1. The van der Waals surface area contributed by atoms with E-state index in [-0.39, 0.29) is 11.8 Å². The molecule has 1 aliphatic rings. The molecule has 0 saturated heterocycles. The third-order valence-corrected chi connectivity index (χ3v) is 5.53. The average Bonchev–Trinajstić information content (AvgIpc) is 2.92. The quantitative estimate of drug-likeness (QED) is 0.693. The van der Waals surface area contributed by atoms with Crippen molar-refractivity contribution < 1.29 is 9.53 Å². The first-order valence-corrected chi connectivity index (χ1v) is 9.49. The first-order valence-electron chi connectivity index (χ1n) is 9.49. The molecule has 5 heteroatoms. The van der Waals surface area contributed by atoms with Crippen molar-refractivity contribution in [2.75, 3.05) is 18.2 Å². The SMILES string of the molecule is CCn1c(-c2ccc(NC(=O)C3CCC3)cc2)c(N)c2ccc(OC)cc21. The lowest BCUT2D eigenvalue weighted by Crippen LogP contribution is -2.27. The van der Waals surface area contributed by atoms with Crippen LogP contribution in [-0.4, -0.2) is 17.6 Å². The van der Waals surface area contributed by atoms with E-state index in [0.29, 0.717) is 0 Å². The number of nitrogens with one attached hydrogen (secondary N) is 1. The minimum atomic E-state index is 0.128. The molecule has 1 saturated carbocycles. The molecule has 3 N–H and O–H groups in total. The van der Waals surface area contributed by atoms with E-state index in [1.165, 1.54) is 0 Å². The van der Waals surface area contributed by atoms with E-state index in [9.17, 15) is 4.79 Å². The molecule has 0 unspecified atom stereocenters. The standard InChI is InChI=1S/C22H25N3O2/c1-3-25-19-13-17(27-2)11-12-18(19)20(23)21(25)14-7-9-16(10-8-14)24-22(26)15-5-4-6-15/h7-13,15H,3-6,23H2,1-2H3,(H,24,26). The number of nitrogens with zero attached hydrogens (tertiary/aromatic N) is 1. The van der Waals surface area contributed by atoms with Crippen LogP contribution in [0.15, 0.2) is 42.5 Å². The molecule has 27 heavy (non-hydrogen) atoms. The molecule has 1 amide bonds. The van der Waals surface area contributed by atoms with Gasteiger partial charge in [-0.3, -0.25) is 4.79 Å². The number of carbonyl (C=O) groups is 1. The first kappa shape index (κ1) is 17.5. The lowest BCUT2D eigenvalue weighted by molar-refractivity contribution is -0.122. The van der Waals surface area contributed by atoms with E-state index in [1.807, 2.05) is 42.5 Å². The molecule has 0 aliphatic heterocycles. The molecule has 1 fully saturated rings. The van der Waals surface area contributed by atoms with Crippen molar-refractivity contribution in [1.82, 2.24) is 4.57 Å². The van der Waals surface area contributed by atoms with Gasteiger partial charge in [-0.25, -0.2) is 0 Å². The van der Waals surface area contributed by atoms with Gasteiger partial charge in [0.1, 0.15) is 5.75 Å². The van der Waals surface area contributed by atoms with E-state index < -0.39 is 0 Å². The van der Waals surface area contributed by atoms with Gasteiger partial charge in [0.05, 0.1) is 24.0 Å². The van der Waals surface area contributed by atoms with Crippen molar-refractivity contribution in [1.29, 1.82) is 0 Å². The number of anilines is 2. The maximum absolute atomic E-state index is 12.1. The van der Waals surface area contributed by atoms with Crippen LogP contribution in [0.1, 0.15) is 26.2 Å². The fourth-order valence-electron chi connectivity index (χ4n) is 3.75. The maximum Gasteiger partial charge on any atom is 0.227 e. The highest BCUT2D eigenvalue weighted by molar-refractivity contribution is 6.01. The summed E-state index contributed by atoms with van der Waals surface area (Å²) in [6, 6.07) is 13.9. The van der Waals surface area contributed by atoms with Crippen molar-refractivity contribution >= 4 is 28.2 Å². The number of hydrogen-bond acceptors (Lipinski definition) is 3. The van der Waals surface area contributed by atoms with Crippen LogP contribution in [0.5, 0.6) is 5.75 Å². The third kappa shape index (κ3) is 3.03. The van der Waals surface area contributed by atoms with Gasteiger partial charge in [0, 0.05) is 35.2 Å². The smallest absolute Gasteiger partial charge is 0.227 e. The molecule has 4 rings (SSSR count). The Morgan fingerprint density at radius 2 is 1.96 bits per heavy atom. The van der Waals surface area contributed by atoms with Crippen LogP contribution in [0.25, 0.3) is 22.2 Å². The summed E-state index contributed by atoms with van der Waals surface area (Å²) in [5, 5.41) is 4.04. The van der Waals surface area contributed by atoms with Crippen LogP contribution >= 0.6 is 0 Å². The number of nitrogen functional groups attached to an aromatic ring is 1. The van der Waals surface area contributed by atoms with Crippen molar-refractivity contribution in [3.63, 3.8) is 0 Å². The van der Waals surface area contributed by atoms with Crippen molar-refractivity contribution in [3.8, 4) is 17.0 Å². The number of methoxy groups -OCH3 is 1. The number of ether oxygens (including phenoxy) is 1. The summed E-state index contributed by atoms with van der Waals surface area (Å²) in [6.07, 6.45) is 3.16. The molecule has 1 aliphatic carbocycles. The van der Waals surface area contributed by atoms with Gasteiger partial charge in [0.15, 0.2) is 0 Å². The highest BCUT2D eigenvalue weighted by Crippen LogP contribution is 2.38. The van der Waals surface area contributed by atoms with E-state index in [1.54, 1.807) is 7.11 Å². The van der Waals surface area contributed by atoms with E-state index in [2.05, 4.69) is 16.8 Å². The predicted molar refractivity (Wildman–Crippen MR) is 110 cm³/mol. The zero-order valence-corrected chi connectivity index (χ0v) is 15.8. The van der Waals surface area contributed by atoms with Gasteiger partial charge in [-0.1, -0.05) is 18.6 Å². The second-order valence-electron chi connectivity index (χ2n) is 7.08. The molecule has 1 heterocycles. The summed E-state index contributed by atoms with van der Waals surface area (Å²) >= 11 is 0.